The monoisotopic (exact) mass is 365 g/mol. The Morgan fingerprint density at radius 3 is 2.64 bits per heavy atom. The minimum Gasteiger partial charge on any atom is -0.469 e. The molecule has 132 valence electrons. The zero-order valence-corrected chi connectivity index (χ0v) is 14.4. The van der Waals surface area contributed by atoms with Gasteiger partial charge in [-0.25, -0.2) is 10.2 Å². The molecule has 1 aromatic heterocycles. The number of hydrogen-bond acceptors (Lipinski definition) is 6. The number of hydrazone groups is 1. The average Bonchev–Trinajstić information content (AvgIpc) is 3.31. The Hall–Kier alpha value is -2.61. The molecule has 3 rings (SSSR count). The number of amides is 1. The predicted octanol–water partition coefficient (Wildman–Crippen LogP) is 1.45. The molecule has 2 N–H and O–H groups in total. The van der Waals surface area contributed by atoms with Gasteiger partial charge in [0.15, 0.2) is 0 Å². The molecule has 0 aromatic carbocycles. The van der Waals surface area contributed by atoms with Gasteiger partial charge in [-0.3, -0.25) is 9.59 Å². The first-order valence-corrected chi connectivity index (χ1v) is 7.99. The lowest BCUT2D eigenvalue weighted by Crippen LogP contribution is -2.14. The summed E-state index contributed by atoms with van der Waals surface area (Å²) in [6.45, 7) is 0. The quantitative estimate of drug-likeness (QED) is 0.606. The van der Waals surface area contributed by atoms with Crippen LogP contribution in [-0.4, -0.2) is 42.8 Å². The van der Waals surface area contributed by atoms with Crippen LogP contribution in [0, 0.1) is 5.92 Å². The average molecular weight is 366 g/mol. The number of methoxy groups -OCH3 is 2. The van der Waals surface area contributed by atoms with Crippen LogP contribution in [-0.2, 0) is 25.5 Å². The molecule has 8 nitrogen and oxygen atoms in total. The summed E-state index contributed by atoms with van der Waals surface area (Å²) in [4.78, 5) is 38.7. The first kappa shape index (κ1) is 17.2. The van der Waals surface area contributed by atoms with Crippen LogP contribution >= 0.6 is 11.6 Å². The molecule has 0 spiro atoms. The van der Waals surface area contributed by atoms with Crippen LogP contribution in [0.15, 0.2) is 10.7 Å². The summed E-state index contributed by atoms with van der Waals surface area (Å²) >= 11 is 6.15. The van der Waals surface area contributed by atoms with Gasteiger partial charge in [-0.1, -0.05) is 11.6 Å². The Morgan fingerprint density at radius 1 is 1.32 bits per heavy atom. The molecule has 1 aromatic rings. The van der Waals surface area contributed by atoms with Gasteiger partial charge in [-0.05, 0) is 18.9 Å². The van der Waals surface area contributed by atoms with E-state index in [1.807, 2.05) is 0 Å². The molecular weight excluding hydrogens is 350 g/mol. The Morgan fingerprint density at radius 2 is 2.04 bits per heavy atom. The minimum atomic E-state index is -0.669. The molecule has 1 amide bonds. The van der Waals surface area contributed by atoms with E-state index in [-0.39, 0.29) is 40.2 Å². The van der Waals surface area contributed by atoms with Crippen LogP contribution in [0.4, 0.5) is 0 Å². The molecule has 1 aliphatic heterocycles. The zero-order chi connectivity index (χ0) is 18.1. The zero-order valence-electron chi connectivity index (χ0n) is 13.6. The normalized spacial score (nSPS) is 18.1. The SMILES string of the molecule is COC(=O)Cc1c(Cl)[nH]c(C=C2C(=O)NN=C2C2CC2)c1C(=O)OC. The second-order valence-electron chi connectivity index (χ2n) is 5.72. The number of hydrogen-bond donors (Lipinski definition) is 2. The van der Waals surface area contributed by atoms with Crippen molar-refractivity contribution in [1.82, 2.24) is 10.4 Å². The van der Waals surface area contributed by atoms with E-state index in [1.165, 1.54) is 20.3 Å². The lowest BCUT2D eigenvalue weighted by Gasteiger charge is -2.04. The summed E-state index contributed by atoms with van der Waals surface area (Å²) < 4.78 is 9.43. The van der Waals surface area contributed by atoms with Crippen molar-refractivity contribution in [3.8, 4) is 0 Å². The Kier molecular flexibility index (Phi) is 4.63. The highest BCUT2D eigenvalue weighted by molar-refractivity contribution is 6.32. The van der Waals surface area contributed by atoms with Gasteiger partial charge < -0.3 is 14.5 Å². The fraction of sp³-hybridized carbons (Fsp3) is 0.375. The number of ether oxygens (including phenoxy) is 2. The van der Waals surface area contributed by atoms with E-state index in [4.69, 9.17) is 16.3 Å². The van der Waals surface area contributed by atoms with Gasteiger partial charge in [0.1, 0.15) is 5.15 Å². The molecule has 1 saturated carbocycles. The molecule has 9 heteroatoms. The fourth-order valence-corrected chi connectivity index (χ4v) is 2.92. The number of nitrogens with one attached hydrogen (secondary N) is 2. The highest BCUT2D eigenvalue weighted by atomic mass is 35.5. The van der Waals surface area contributed by atoms with Gasteiger partial charge in [0.2, 0.25) is 0 Å². The number of aromatic nitrogens is 1. The number of carbonyl (C=O) groups is 3. The van der Waals surface area contributed by atoms with E-state index in [0.29, 0.717) is 11.3 Å². The highest BCUT2D eigenvalue weighted by Crippen LogP contribution is 2.36. The van der Waals surface area contributed by atoms with E-state index < -0.39 is 11.9 Å². The van der Waals surface area contributed by atoms with Crippen molar-refractivity contribution in [3.63, 3.8) is 0 Å². The van der Waals surface area contributed by atoms with Gasteiger partial charge in [0, 0.05) is 11.5 Å². The van der Waals surface area contributed by atoms with Gasteiger partial charge >= 0.3 is 11.9 Å². The maximum absolute atomic E-state index is 12.2. The second kappa shape index (κ2) is 6.72. The summed E-state index contributed by atoms with van der Waals surface area (Å²) in [5, 5.41) is 4.17. The number of aromatic amines is 1. The van der Waals surface area contributed by atoms with E-state index in [0.717, 1.165) is 12.8 Å². The van der Waals surface area contributed by atoms with E-state index in [9.17, 15) is 14.4 Å². The standard InChI is InChI=1S/C16H16ClN3O5/c1-24-11(21)6-8-12(16(23)25-2)10(18-14(8)17)5-9-13(7-3-4-7)19-20-15(9)22/h5,7,18H,3-4,6H2,1-2H3,(H,20,22). The summed E-state index contributed by atoms with van der Waals surface area (Å²) in [6.07, 6.45) is 3.25. The molecule has 0 atom stereocenters. The number of nitrogens with zero attached hydrogens (tertiary/aromatic N) is 1. The van der Waals surface area contributed by atoms with Gasteiger partial charge in [0.05, 0.1) is 43.2 Å². The third-order valence-electron chi connectivity index (χ3n) is 4.07. The summed E-state index contributed by atoms with van der Waals surface area (Å²) in [6, 6.07) is 0. The first-order valence-electron chi connectivity index (χ1n) is 7.61. The number of rotatable bonds is 5. The maximum atomic E-state index is 12.2. The maximum Gasteiger partial charge on any atom is 0.340 e. The molecule has 0 radical (unpaired) electrons. The smallest absolute Gasteiger partial charge is 0.340 e. The Balaban J connectivity index is 2.06. The van der Waals surface area contributed by atoms with Gasteiger partial charge in [0.25, 0.3) is 5.91 Å². The van der Waals surface area contributed by atoms with Crippen LogP contribution in [0.3, 0.4) is 0 Å². The molecule has 0 bridgehead atoms. The molecule has 25 heavy (non-hydrogen) atoms. The van der Waals surface area contributed by atoms with Crippen molar-refractivity contribution in [2.24, 2.45) is 11.0 Å². The number of esters is 2. The molecule has 0 saturated heterocycles. The van der Waals surface area contributed by atoms with Crippen molar-refractivity contribution in [1.29, 1.82) is 0 Å². The van der Waals surface area contributed by atoms with Crippen molar-refractivity contribution >= 4 is 41.2 Å². The van der Waals surface area contributed by atoms with Crippen molar-refractivity contribution < 1.29 is 23.9 Å². The molecular formula is C16H16ClN3O5. The lowest BCUT2D eigenvalue weighted by atomic mass is 10.0. The van der Waals surface area contributed by atoms with E-state index >= 15 is 0 Å². The minimum absolute atomic E-state index is 0.0975. The van der Waals surface area contributed by atoms with Crippen molar-refractivity contribution in [3.05, 3.63) is 27.5 Å². The van der Waals surface area contributed by atoms with Crippen LogP contribution in [0.1, 0.15) is 34.5 Å². The third kappa shape index (κ3) is 3.30. The molecule has 2 aliphatic rings. The number of H-pyrrole nitrogens is 1. The second-order valence-corrected chi connectivity index (χ2v) is 6.10. The lowest BCUT2D eigenvalue weighted by molar-refractivity contribution is -0.139. The predicted molar refractivity (Wildman–Crippen MR) is 89.1 cm³/mol. The van der Waals surface area contributed by atoms with Crippen LogP contribution < -0.4 is 5.43 Å². The van der Waals surface area contributed by atoms with E-state index in [1.54, 1.807) is 0 Å². The summed E-state index contributed by atoms with van der Waals surface area (Å²) in [5.74, 6) is -1.33. The van der Waals surface area contributed by atoms with E-state index in [2.05, 4.69) is 20.2 Å². The fourth-order valence-electron chi connectivity index (χ4n) is 2.65. The number of carbonyl (C=O) groups excluding carboxylic acids is 3. The van der Waals surface area contributed by atoms with Gasteiger partial charge in [-0.2, -0.15) is 5.10 Å². The summed E-state index contributed by atoms with van der Waals surface area (Å²) in [7, 11) is 2.46. The summed E-state index contributed by atoms with van der Waals surface area (Å²) in [5.41, 5.74) is 4.11. The third-order valence-corrected chi connectivity index (χ3v) is 4.39. The first-order chi connectivity index (χ1) is 12.0. The highest BCUT2D eigenvalue weighted by Gasteiger charge is 2.36. The van der Waals surface area contributed by atoms with Crippen molar-refractivity contribution in [2.45, 2.75) is 19.3 Å². The molecule has 2 heterocycles. The molecule has 1 fully saturated rings. The van der Waals surface area contributed by atoms with Crippen LogP contribution in [0.2, 0.25) is 5.15 Å². The Labute approximate surface area is 148 Å². The van der Waals surface area contributed by atoms with Crippen molar-refractivity contribution in [2.75, 3.05) is 14.2 Å². The van der Waals surface area contributed by atoms with Gasteiger partial charge in [-0.15, -0.1) is 0 Å². The molecule has 1 aliphatic carbocycles. The Bertz CT molecular complexity index is 820. The van der Waals surface area contributed by atoms with Crippen LogP contribution in [0.25, 0.3) is 6.08 Å². The molecule has 0 unspecified atom stereocenters. The van der Waals surface area contributed by atoms with Crippen LogP contribution in [0.5, 0.6) is 0 Å². The largest absolute Gasteiger partial charge is 0.469 e. The number of halogens is 1. The topological polar surface area (TPSA) is 110 Å².